The summed E-state index contributed by atoms with van der Waals surface area (Å²) in [6, 6.07) is 61.9. The number of hydrogen-bond acceptors (Lipinski definition) is 0. The lowest BCUT2D eigenvalue weighted by Gasteiger charge is -2.28. The summed E-state index contributed by atoms with van der Waals surface area (Å²) in [5, 5.41) is 5.44. The van der Waals surface area contributed by atoms with Gasteiger partial charge < -0.3 is 0 Å². The maximum Gasteiger partial charge on any atom is 0.144 e. The lowest BCUT2D eigenvalue weighted by atomic mass is 10.1. The first-order valence-corrected chi connectivity index (χ1v) is 14.5. The van der Waals surface area contributed by atoms with Gasteiger partial charge in [0.25, 0.3) is 0 Å². The highest BCUT2D eigenvalue weighted by Gasteiger charge is 2.47. The molecule has 6 aromatic carbocycles. The molecule has 1 heteroatoms. The summed E-state index contributed by atoms with van der Waals surface area (Å²) >= 11 is 0. The average Bonchev–Trinajstić information content (AvgIpc) is 3.00. The van der Waals surface area contributed by atoms with Gasteiger partial charge in [0.15, 0.2) is 0 Å². The van der Waals surface area contributed by atoms with Gasteiger partial charge in [-0.1, -0.05) is 121 Å². The molecule has 0 fully saturated rings. The van der Waals surface area contributed by atoms with E-state index in [-0.39, 0.29) is 0 Å². The lowest BCUT2D eigenvalue weighted by molar-refractivity contribution is 1.63. The molecule has 0 amide bonds. The molecule has 0 aliphatic carbocycles. The van der Waals surface area contributed by atoms with E-state index in [0.717, 1.165) is 0 Å². The fourth-order valence-corrected chi connectivity index (χ4v) is 9.43. The molecule has 176 valence electrons. The third-order valence-corrected chi connectivity index (χ3v) is 11.3. The van der Waals surface area contributed by atoms with Crippen LogP contribution in [0.4, 0.5) is 0 Å². The average molecular weight is 492 g/mol. The lowest BCUT2D eigenvalue weighted by Crippen LogP contribution is -2.38. The Balaban J connectivity index is 1.57. The molecule has 6 aromatic rings. The van der Waals surface area contributed by atoms with Crippen LogP contribution in [0.5, 0.6) is 0 Å². The summed E-state index contributed by atoms with van der Waals surface area (Å²) in [7, 11) is -2.13. The van der Waals surface area contributed by atoms with Crippen molar-refractivity contribution in [3.05, 3.63) is 170 Å². The molecule has 0 N–H and O–H groups in total. The molecule has 0 atom stereocenters. The monoisotopic (exact) mass is 491 g/mol. The number of hydrogen-bond donors (Lipinski definition) is 0. The van der Waals surface area contributed by atoms with Crippen molar-refractivity contribution in [2.45, 2.75) is 0 Å². The van der Waals surface area contributed by atoms with E-state index in [9.17, 15) is 0 Å². The topological polar surface area (TPSA) is 0 Å². The predicted octanol–water partition coefficient (Wildman–Crippen LogP) is 7.64. The van der Waals surface area contributed by atoms with Gasteiger partial charge in [-0.05, 0) is 70.8 Å². The number of benzene rings is 6. The molecule has 0 aliphatic heterocycles. The molecule has 0 bridgehead atoms. The molecule has 0 spiro atoms. The summed E-state index contributed by atoms with van der Waals surface area (Å²) in [6.07, 6.45) is 0. The van der Waals surface area contributed by atoms with Gasteiger partial charge in [-0.25, -0.2) is 0 Å². The van der Waals surface area contributed by atoms with Gasteiger partial charge in [-0.3, -0.25) is 0 Å². The molecular formula is C36H28P+. The summed E-state index contributed by atoms with van der Waals surface area (Å²) in [5.74, 6) is 0. The van der Waals surface area contributed by atoms with E-state index in [1.54, 1.807) is 0 Å². The van der Waals surface area contributed by atoms with Crippen LogP contribution in [0.2, 0.25) is 0 Å². The molecule has 0 nitrogen and oxygen atoms in total. The molecule has 0 unspecified atom stereocenters. The van der Waals surface area contributed by atoms with Crippen molar-refractivity contribution in [3.8, 4) is 22.3 Å². The van der Waals surface area contributed by atoms with E-state index < -0.39 is 7.26 Å². The van der Waals surface area contributed by atoms with Crippen molar-refractivity contribution in [2.24, 2.45) is 0 Å². The van der Waals surface area contributed by atoms with Gasteiger partial charge in [-0.15, -0.1) is 0 Å². The minimum absolute atomic E-state index is 1.24. The van der Waals surface area contributed by atoms with Gasteiger partial charge in [0.2, 0.25) is 0 Å². The Bertz CT molecular complexity index is 1430. The van der Waals surface area contributed by atoms with Gasteiger partial charge in [-0.2, -0.15) is 0 Å². The second-order valence-electron chi connectivity index (χ2n) is 9.17. The van der Waals surface area contributed by atoms with Crippen molar-refractivity contribution >= 4 is 28.5 Å². The van der Waals surface area contributed by atoms with E-state index in [1.165, 1.54) is 43.5 Å². The molecule has 6 rings (SSSR count). The van der Waals surface area contributed by atoms with Gasteiger partial charge >= 0.3 is 0 Å². The van der Waals surface area contributed by atoms with Crippen molar-refractivity contribution in [2.75, 3.05) is 0 Å². The van der Waals surface area contributed by atoms with E-state index >= 15 is 0 Å². The van der Waals surface area contributed by atoms with Crippen LogP contribution in [0, 0.1) is 0 Å². The first-order chi connectivity index (χ1) is 18.4. The fraction of sp³-hybridized carbons (Fsp3) is 0. The van der Waals surface area contributed by atoms with Crippen LogP contribution in [0.3, 0.4) is 0 Å². The standard InChI is InChI=1S/C36H28P/c1-5-13-29(14-6-1)31-21-25-35(26-22-31)37(33-17-9-3-10-18-33,34-19-11-4-12-20-34)36-27-23-32(24-28-36)30-15-7-2-8-16-30/h1-28H/q+1. The maximum absolute atomic E-state index is 2.35. The van der Waals surface area contributed by atoms with Crippen LogP contribution < -0.4 is 21.2 Å². The predicted molar refractivity (Wildman–Crippen MR) is 162 cm³/mol. The summed E-state index contributed by atoms with van der Waals surface area (Å²) in [4.78, 5) is 0. The highest BCUT2D eigenvalue weighted by atomic mass is 31.2. The first-order valence-electron chi connectivity index (χ1n) is 12.7. The Morgan fingerprint density at radius 2 is 0.459 bits per heavy atom. The Hall–Kier alpha value is -4.25. The first kappa shape index (κ1) is 23.2. The Kier molecular flexibility index (Phi) is 6.51. The van der Waals surface area contributed by atoms with E-state index in [4.69, 9.17) is 0 Å². The largest absolute Gasteiger partial charge is 0.144 e. The smallest absolute Gasteiger partial charge is 0.0622 e. The normalized spacial score (nSPS) is 11.2. The highest BCUT2D eigenvalue weighted by molar-refractivity contribution is 8.01. The van der Waals surface area contributed by atoms with Gasteiger partial charge in [0.05, 0.1) is 0 Å². The van der Waals surface area contributed by atoms with Crippen LogP contribution in [0.15, 0.2) is 170 Å². The minimum atomic E-state index is -2.13. The van der Waals surface area contributed by atoms with Crippen molar-refractivity contribution in [1.29, 1.82) is 0 Å². The molecule has 0 saturated heterocycles. The van der Waals surface area contributed by atoms with Gasteiger partial charge in [0, 0.05) is 0 Å². The van der Waals surface area contributed by atoms with Crippen LogP contribution >= 0.6 is 7.26 Å². The molecule has 0 heterocycles. The van der Waals surface area contributed by atoms with Crippen molar-refractivity contribution in [3.63, 3.8) is 0 Å². The van der Waals surface area contributed by atoms with E-state index in [2.05, 4.69) is 170 Å². The summed E-state index contributed by atoms with van der Waals surface area (Å²) in [6.45, 7) is 0. The van der Waals surface area contributed by atoms with Gasteiger partial charge in [0.1, 0.15) is 28.5 Å². The quantitative estimate of drug-likeness (QED) is 0.210. The van der Waals surface area contributed by atoms with Crippen LogP contribution in [-0.4, -0.2) is 0 Å². The van der Waals surface area contributed by atoms with Crippen LogP contribution in [0.1, 0.15) is 0 Å². The Morgan fingerprint density at radius 1 is 0.216 bits per heavy atom. The zero-order valence-corrected chi connectivity index (χ0v) is 21.5. The van der Waals surface area contributed by atoms with Crippen molar-refractivity contribution in [1.82, 2.24) is 0 Å². The van der Waals surface area contributed by atoms with Crippen LogP contribution in [0.25, 0.3) is 22.3 Å². The summed E-state index contributed by atoms with van der Waals surface area (Å²) in [5.41, 5.74) is 4.96. The second kappa shape index (κ2) is 10.4. The zero-order chi connectivity index (χ0) is 24.9. The number of rotatable bonds is 6. The molecule has 0 aliphatic rings. The molecule has 37 heavy (non-hydrogen) atoms. The molecular weight excluding hydrogens is 463 g/mol. The molecule has 0 aromatic heterocycles. The van der Waals surface area contributed by atoms with Crippen molar-refractivity contribution < 1.29 is 0 Å². The fourth-order valence-electron chi connectivity index (χ4n) is 5.21. The second-order valence-corrected chi connectivity index (χ2v) is 12.6. The molecule has 0 radical (unpaired) electrons. The summed E-state index contributed by atoms with van der Waals surface area (Å²) < 4.78 is 0. The Morgan fingerprint density at radius 3 is 0.784 bits per heavy atom. The Labute approximate surface area is 220 Å². The zero-order valence-electron chi connectivity index (χ0n) is 20.6. The maximum atomic E-state index is 2.35. The van der Waals surface area contributed by atoms with E-state index in [1.807, 2.05) is 0 Å². The molecule has 0 saturated carbocycles. The SMILES string of the molecule is c1ccc(-c2ccc([P+](c3ccccc3)(c3ccccc3)c3ccc(-c4ccccc4)cc3)cc2)cc1. The third kappa shape index (κ3) is 4.42. The minimum Gasteiger partial charge on any atom is -0.0622 e. The highest BCUT2D eigenvalue weighted by Crippen LogP contribution is 2.54. The van der Waals surface area contributed by atoms with Crippen LogP contribution in [-0.2, 0) is 0 Å². The third-order valence-electron chi connectivity index (χ3n) is 7.01. The van der Waals surface area contributed by atoms with E-state index in [0.29, 0.717) is 0 Å².